The lowest BCUT2D eigenvalue weighted by Gasteiger charge is -2.02. The van der Waals surface area contributed by atoms with Gasteiger partial charge in [0.25, 0.3) is 0 Å². The number of para-hydroxylation sites is 1. The Morgan fingerprint density at radius 2 is 1.71 bits per heavy atom. The molecular weight excluding hydrogens is 206 g/mol. The van der Waals surface area contributed by atoms with Gasteiger partial charge in [-0.1, -0.05) is 55.6 Å². The van der Waals surface area contributed by atoms with E-state index in [-0.39, 0.29) is 0 Å². The van der Waals surface area contributed by atoms with E-state index in [1.165, 1.54) is 10.8 Å². The summed E-state index contributed by atoms with van der Waals surface area (Å²) in [5.74, 6) is 0. The Kier molecular flexibility index (Phi) is 2.12. The lowest BCUT2D eigenvalue weighted by atomic mass is 10.0. The minimum absolute atomic E-state index is 1.11. The fourth-order valence-electron chi connectivity index (χ4n) is 2.35. The highest BCUT2D eigenvalue weighted by Gasteiger charge is 2.08. The summed E-state index contributed by atoms with van der Waals surface area (Å²) < 4.78 is 0. The summed E-state index contributed by atoms with van der Waals surface area (Å²) in [5.41, 5.74) is 4.53. The minimum atomic E-state index is 1.11. The van der Waals surface area contributed by atoms with Crippen LogP contribution in [-0.2, 0) is 0 Å². The van der Waals surface area contributed by atoms with Gasteiger partial charge < -0.3 is 4.98 Å². The van der Waals surface area contributed by atoms with E-state index in [2.05, 4.69) is 48.5 Å². The maximum atomic E-state index is 3.89. The monoisotopic (exact) mass is 219 g/mol. The number of aromatic nitrogens is 1. The number of fused-ring (bicyclic) bond motifs is 3. The number of aromatic amines is 1. The first-order chi connectivity index (χ1) is 8.35. The molecule has 82 valence electrons. The van der Waals surface area contributed by atoms with Gasteiger partial charge in [-0.2, -0.15) is 0 Å². The summed E-state index contributed by atoms with van der Waals surface area (Å²) in [6, 6.07) is 12.6. The Morgan fingerprint density at radius 3 is 2.47 bits per heavy atom. The molecular formula is C16H13N. The number of nitrogens with one attached hydrogen (secondary N) is 1. The van der Waals surface area contributed by atoms with Gasteiger partial charge in [0.2, 0.25) is 0 Å². The zero-order valence-corrected chi connectivity index (χ0v) is 9.53. The van der Waals surface area contributed by atoms with Crippen LogP contribution in [0.3, 0.4) is 0 Å². The van der Waals surface area contributed by atoms with Crippen LogP contribution >= 0.6 is 0 Å². The van der Waals surface area contributed by atoms with E-state index >= 15 is 0 Å². The van der Waals surface area contributed by atoms with Crippen molar-refractivity contribution in [1.29, 1.82) is 0 Å². The largest absolute Gasteiger partial charge is 0.354 e. The third kappa shape index (κ3) is 1.32. The van der Waals surface area contributed by atoms with Gasteiger partial charge in [-0.05, 0) is 11.6 Å². The summed E-state index contributed by atoms with van der Waals surface area (Å²) in [6.07, 6.45) is 3.75. The van der Waals surface area contributed by atoms with Crippen molar-refractivity contribution < 1.29 is 0 Å². The molecule has 0 unspecified atom stereocenters. The van der Waals surface area contributed by atoms with Gasteiger partial charge in [0.15, 0.2) is 0 Å². The molecule has 2 aromatic carbocycles. The second kappa shape index (κ2) is 3.63. The van der Waals surface area contributed by atoms with E-state index in [4.69, 9.17) is 0 Å². The second-order valence-electron chi connectivity index (χ2n) is 4.07. The Morgan fingerprint density at radius 1 is 0.882 bits per heavy atom. The van der Waals surface area contributed by atoms with Gasteiger partial charge in [0, 0.05) is 21.9 Å². The zero-order chi connectivity index (χ0) is 11.8. The molecule has 0 aliphatic rings. The topological polar surface area (TPSA) is 15.8 Å². The van der Waals surface area contributed by atoms with E-state index in [9.17, 15) is 0 Å². The predicted molar refractivity (Wildman–Crippen MR) is 76.0 cm³/mol. The van der Waals surface area contributed by atoms with Crippen molar-refractivity contribution in [2.75, 3.05) is 0 Å². The summed E-state index contributed by atoms with van der Waals surface area (Å²) in [4.78, 5) is 3.45. The van der Waals surface area contributed by atoms with E-state index in [1.54, 1.807) is 0 Å². The molecule has 0 amide bonds. The molecule has 0 saturated carbocycles. The highest BCUT2D eigenvalue weighted by molar-refractivity contribution is 6.10. The summed E-state index contributed by atoms with van der Waals surface area (Å²) in [5, 5.41) is 2.49. The van der Waals surface area contributed by atoms with Crippen LogP contribution in [0.15, 0.2) is 49.6 Å². The van der Waals surface area contributed by atoms with Crippen molar-refractivity contribution in [3.63, 3.8) is 0 Å². The molecule has 0 fully saturated rings. The normalized spacial score (nSPS) is 10.8. The van der Waals surface area contributed by atoms with Gasteiger partial charge in [-0.25, -0.2) is 0 Å². The molecule has 0 spiro atoms. The maximum absolute atomic E-state index is 3.89. The van der Waals surface area contributed by atoms with Crippen molar-refractivity contribution in [2.45, 2.75) is 0 Å². The first-order valence-electron chi connectivity index (χ1n) is 5.63. The van der Waals surface area contributed by atoms with Crippen molar-refractivity contribution in [3.05, 3.63) is 60.7 Å². The summed E-state index contributed by atoms with van der Waals surface area (Å²) >= 11 is 0. The van der Waals surface area contributed by atoms with Crippen LogP contribution in [0.1, 0.15) is 11.1 Å². The molecule has 0 atom stereocenters. The molecule has 3 rings (SSSR count). The minimum Gasteiger partial charge on any atom is -0.354 e. The van der Waals surface area contributed by atoms with Crippen LogP contribution in [0.5, 0.6) is 0 Å². The number of hydrogen-bond donors (Lipinski definition) is 1. The molecule has 0 radical (unpaired) electrons. The fourth-order valence-corrected chi connectivity index (χ4v) is 2.35. The molecule has 0 saturated heterocycles. The molecule has 1 aromatic heterocycles. The highest BCUT2D eigenvalue weighted by Crippen LogP contribution is 2.30. The van der Waals surface area contributed by atoms with Gasteiger partial charge >= 0.3 is 0 Å². The van der Waals surface area contributed by atoms with Crippen LogP contribution in [0.2, 0.25) is 0 Å². The zero-order valence-electron chi connectivity index (χ0n) is 9.53. The Hall–Kier alpha value is -2.28. The molecule has 0 aliphatic carbocycles. The van der Waals surface area contributed by atoms with Crippen molar-refractivity contribution in [3.8, 4) is 0 Å². The van der Waals surface area contributed by atoms with Crippen molar-refractivity contribution in [1.82, 2.24) is 4.98 Å². The number of benzene rings is 2. The summed E-state index contributed by atoms with van der Waals surface area (Å²) in [6.45, 7) is 7.73. The van der Waals surface area contributed by atoms with E-state index in [1.807, 2.05) is 18.2 Å². The Labute approximate surface area is 100 Å². The van der Waals surface area contributed by atoms with Crippen LogP contribution in [0.25, 0.3) is 34.0 Å². The lowest BCUT2D eigenvalue weighted by Crippen LogP contribution is -1.82. The third-order valence-corrected chi connectivity index (χ3v) is 3.18. The SMILES string of the molecule is C=Cc1ccc2c([nH]c3ccccc32)c1C=C. The smallest absolute Gasteiger partial charge is 0.0544 e. The van der Waals surface area contributed by atoms with Gasteiger partial charge in [-0.15, -0.1) is 0 Å². The molecule has 3 aromatic rings. The van der Waals surface area contributed by atoms with Crippen molar-refractivity contribution in [2.24, 2.45) is 0 Å². The first-order valence-corrected chi connectivity index (χ1v) is 5.63. The molecule has 0 bridgehead atoms. The summed E-state index contributed by atoms with van der Waals surface area (Å²) in [7, 11) is 0. The first kappa shape index (κ1) is 9.91. The van der Waals surface area contributed by atoms with E-state index in [0.29, 0.717) is 0 Å². The van der Waals surface area contributed by atoms with E-state index < -0.39 is 0 Å². The average molecular weight is 219 g/mol. The number of rotatable bonds is 2. The van der Waals surface area contributed by atoms with Crippen LogP contribution in [0.4, 0.5) is 0 Å². The van der Waals surface area contributed by atoms with Crippen LogP contribution in [0, 0.1) is 0 Å². The van der Waals surface area contributed by atoms with Gasteiger partial charge in [0.1, 0.15) is 0 Å². The predicted octanol–water partition coefficient (Wildman–Crippen LogP) is 4.61. The molecule has 1 heteroatoms. The Balaban J connectivity index is 2.55. The lowest BCUT2D eigenvalue weighted by molar-refractivity contribution is 1.52. The number of H-pyrrole nitrogens is 1. The van der Waals surface area contributed by atoms with Gasteiger partial charge in [-0.3, -0.25) is 0 Å². The molecule has 17 heavy (non-hydrogen) atoms. The average Bonchev–Trinajstić information content (AvgIpc) is 2.75. The van der Waals surface area contributed by atoms with E-state index in [0.717, 1.165) is 22.2 Å². The molecule has 0 aliphatic heterocycles. The quantitative estimate of drug-likeness (QED) is 0.648. The second-order valence-corrected chi connectivity index (χ2v) is 4.07. The van der Waals surface area contributed by atoms with Crippen LogP contribution in [-0.4, -0.2) is 4.98 Å². The van der Waals surface area contributed by atoms with Crippen LogP contribution < -0.4 is 0 Å². The maximum Gasteiger partial charge on any atom is 0.0544 e. The Bertz CT molecular complexity index is 732. The third-order valence-electron chi connectivity index (χ3n) is 3.18. The number of hydrogen-bond acceptors (Lipinski definition) is 0. The van der Waals surface area contributed by atoms with Gasteiger partial charge in [0.05, 0.1) is 5.52 Å². The fraction of sp³-hybridized carbons (Fsp3) is 0. The molecule has 1 nitrogen and oxygen atoms in total. The molecule has 1 heterocycles. The molecule has 1 N–H and O–H groups in total. The standard InChI is InChI=1S/C16H13N/c1-3-11-9-10-14-13-7-5-6-8-15(13)17-16(14)12(11)4-2/h3-10,17H,1-2H2. The van der Waals surface area contributed by atoms with Crippen molar-refractivity contribution >= 4 is 34.0 Å². The highest BCUT2D eigenvalue weighted by atomic mass is 14.7.